The van der Waals surface area contributed by atoms with E-state index in [2.05, 4.69) is 27.8 Å². The summed E-state index contributed by atoms with van der Waals surface area (Å²) in [5.74, 6) is -0.150. The molecule has 1 rings (SSSR count). The summed E-state index contributed by atoms with van der Waals surface area (Å²) in [4.78, 5) is 2.32. The summed E-state index contributed by atoms with van der Waals surface area (Å²) in [6.45, 7) is 5.05. The minimum absolute atomic E-state index is 0.150. The molecule has 0 bridgehead atoms. The Labute approximate surface area is 99.4 Å². The fourth-order valence-electron chi connectivity index (χ4n) is 1.60. The van der Waals surface area contributed by atoms with Crippen molar-refractivity contribution in [3.8, 4) is 0 Å². The summed E-state index contributed by atoms with van der Waals surface area (Å²) in [7, 11) is 0. The van der Waals surface area contributed by atoms with E-state index in [-0.39, 0.29) is 5.82 Å². The number of hydrogen-bond donors (Lipinski definition) is 0. The van der Waals surface area contributed by atoms with Gasteiger partial charge in [0.15, 0.2) is 0 Å². The van der Waals surface area contributed by atoms with Crippen molar-refractivity contribution in [1.82, 2.24) is 4.90 Å². The van der Waals surface area contributed by atoms with Crippen molar-refractivity contribution in [2.75, 3.05) is 18.4 Å². The third-order valence-electron chi connectivity index (χ3n) is 2.24. The van der Waals surface area contributed by atoms with Crippen LogP contribution in [0.3, 0.4) is 0 Å². The van der Waals surface area contributed by atoms with E-state index in [1.807, 2.05) is 6.07 Å². The van der Waals surface area contributed by atoms with Crippen molar-refractivity contribution >= 4 is 15.9 Å². The van der Waals surface area contributed by atoms with Crippen molar-refractivity contribution in [3.05, 3.63) is 35.6 Å². The first-order chi connectivity index (χ1) is 7.26. The lowest BCUT2D eigenvalue weighted by atomic mass is 10.2. The fraction of sp³-hybridized carbons (Fsp3) is 0.500. The van der Waals surface area contributed by atoms with Crippen LogP contribution in [0.2, 0.25) is 0 Å². The van der Waals surface area contributed by atoms with Gasteiger partial charge in [0.2, 0.25) is 0 Å². The zero-order chi connectivity index (χ0) is 11.1. The van der Waals surface area contributed by atoms with Gasteiger partial charge in [-0.05, 0) is 30.7 Å². The number of benzene rings is 1. The smallest absolute Gasteiger partial charge is 0.123 e. The molecular formula is C12H17BrFN. The first kappa shape index (κ1) is 12.7. The van der Waals surface area contributed by atoms with Crippen LogP contribution in [0.25, 0.3) is 0 Å². The number of hydrogen-bond acceptors (Lipinski definition) is 1. The van der Waals surface area contributed by atoms with Crippen LogP contribution in [-0.2, 0) is 6.54 Å². The number of halogens is 2. The molecule has 0 N–H and O–H groups in total. The largest absolute Gasteiger partial charge is 0.298 e. The Balaban J connectivity index is 2.56. The van der Waals surface area contributed by atoms with Crippen molar-refractivity contribution in [3.63, 3.8) is 0 Å². The molecule has 0 aromatic heterocycles. The summed E-state index contributed by atoms with van der Waals surface area (Å²) < 4.78 is 13.0. The van der Waals surface area contributed by atoms with E-state index in [0.717, 1.165) is 36.9 Å². The quantitative estimate of drug-likeness (QED) is 0.718. The maximum absolute atomic E-state index is 13.0. The van der Waals surface area contributed by atoms with Crippen molar-refractivity contribution in [1.29, 1.82) is 0 Å². The van der Waals surface area contributed by atoms with E-state index < -0.39 is 0 Å². The van der Waals surface area contributed by atoms with Gasteiger partial charge in [-0.15, -0.1) is 0 Å². The molecule has 3 heteroatoms. The second kappa shape index (κ2) is 6.96. The molecule has 0 saturated carbocycles. The molecule has 0 fully saturated rings. The van der Waals surface area contributed by atoms with Crippen LogP contribution in [0.15, 0.2) is 24.3 Å². The van der Waals surface area contributed by atoms with E-state index in [1.165, 1.54) is 6.07 Å². The summed E-state index contributed by atoms with van der Waals surface area (Å²) >= 11 is 3.43. The maximum atomic E-state index is 13.0. The zero-order valence-electron chi connectivity index (χ0n) is 9.05. The van der Waals surface area contributed by atoms with Crippen LogP contribution in [0.4, 0.5) is 4.39 Å². The lowest BCUT2D eigenvalue weighted by Crippen LogP contribution is -2.26. The zero-order valence-corrected chi connectivity index (χ0v) is 10.6. The summed E-state index contributed by atoms with van der Waals surface area (Å²) in [5.41, 5.74) is 1.05. The minimum Gasteiger partial charge on any atom is -0.298 e. The third kappa shape index (κ3) is 4.76. The van der Waals surface area contributed by atoms with Gasteiger partial charge in [-0.25, -0.2) is 4.39 Å². The summed E-state index contributed by atoms with van der Waals surface area (Å²) in [6, 6.07) is 6.83. The monoisotopic (exact) mass is 273 g/mol. The van der Waals surface area contributed by atoms with Crippen LogP contribution in [0.5, 0.6) is 0 Å². The molecule has 0 unspecified atom stereocenters. The molecular weight excluding hydrogens is 257 g/mol. The van der Waals surface area contributed by atoms with Gasteiger partial charge < -0.3 is 0 Å². The summed E-state index contributed by atoms with van der Waals surface area (Å²) in [5, 5.41) is 0.961. The van der Waals surface area contributed by atoms with Gasteiger partial charge in [0.05, 0.1) is 0 Å². The predicted octanol–water partition coefficient (Wildman–Crippen LogP) is 3.43. The normalized spacial score (nSPS) is 10.9. The number of rotatable bonds is 6. The van der Waals surface area contributed by atoms with E-state index >= 15 is 0 Å². The van der Waals surface area contributed by atoms with Gasteiger partial charge in [0.1, 0.15) is 5.82 Å². The first-order valence-electron chi connectivity index (χ1n) is 5.29. The Hall–Kier alpha value is -0.410. The van der Waals surface area contributed by atoms with Crippen LogP contribution in [0.1, 0.15) is 18.9 Å². The number of nitrogens with zero attached hydrogens (tertiary/aromatic N) is 1. The molecule has 1 aromatic carbocycles. The van der Waals surface area contributed by atoms with Gasteiger partial charge in [-0.1, -0.05) is 35.0 Å². The van der Waals surface area contributed by atoms with Crippen LogP contribution >= 0.6 is 15.9 Å². The van der Waals surface area contributed by atoms with Gasteiger partial charge in [0, 0.05) is 18.4 Å². The highest BCUT2D eigenvalue weighted by molar-refractivity contribution is 9.09. The second-order valence-corrected chi connectivity index (χ2v) is 4.39. The molecule has 0 amide bonds. The molecule has 0 heterocycles. The molecule has 0 radical (unpaired) electrons. The van der Waals surface area contributed by atoms with Crippen molar-refractivity contribution in [2.24, 2.45) is 0 Å². The van der Waals surface area contributed by atoms with E-state index in [4.69, 9.17) is 0 Å². The molecule has 1 aromatic rings. The van der Waals surface area contributed by atoms with Crippen molar-refractivity contribution in [2.45, 2.75) is 19.9 Å². The maximum Gasteiger partial charge on any atom is 0.123 e. The molecule has 0 aliphatic heterocycles. The lowest BCUT2D eigenvalue weighted by Gasteiger charge is -2.20. The Bertz CT molecular complexity index is 285. The highest BCUT2D eigenvalue weighted by Gasteiger charge is 2.04. The van der Waals surface area contributed by atoms with Gasteiger partial charge in [0.25, 0.3) is 0 Å². The SMILES string of the molecule is CCCN(CCBr)Cc1cccc(F)c1. The minimum atomic E-state index is -0.150. The Kier molecular flexibility index (Phi) is 5.88. The average molecular weight is 274 g/mol. The molecule has 0 spiro atoms. The van der Waals surface area contributed by atoms with Gasteiger partial charge >= 0.3 is 0 Å². The first-order valence-corrected chi connectivity index (χ1v) is 6.41. The van der Waals surface area contributed by atoms with Crippen LogP contribution < -0.4 is 0 Å². The molecule has 0 aliphatic rings. The second-order valence-electron chi connectivity index (χ2n) is 3.60. The molecule has 1 nitrogen and oxygen atoms in total. The molecule has 0 aliphatic carbocycles. The average Bonchev–Trinajstić information content (AvgIpc) is 2.18. The Morgan fingerprint density at radius 3 is 2.73 bits per heavy atom. The van der Waals surface area contributed by atoms with E-state index in [1.54, 1.807) is 12.1 Å². The van der Waals surface area contributed by atoms with Crippen LogP contribution in [0, 0.1) is 5.82 Å². The molecule has 15 heavy (non-hydrogen) atoms. The Morgan fingerprint density at radius 1 is 1.33 bits per heavy atom. The van der Waals surface area contributed by atoms with Crippen molar-refractivity contribution < 1.29 is 4.39 Å². The van der Waals surface area contributed by atoms with E-state index in [0.29, 0.717) is 0 Å². The number of alkyl halides is 1. The highest BCUT2D eigenvalue weighted by atomic mass is 79.9. The molecule has 0 atom stereocenters. The highest BCUT2D eigenvalue weighted by Crippen LogP contribution is 2.08. The van der Waals surface area contributed by atoms with Gasteiger partial charge in [-0.2, -0.15) is 0 Å². The predicted molar refractivity (Wildman–Crippen MR) is 65.8 cm³/mol. The van der Waals surface area contributed by atoms with E-state index in [9.17, 15) is 4.39 Å². The summed E-state index contributed by atoms with van der Waals surface area (Å²) in [6.07, 6.45) is 1.13. The topological polar surface area (TPSA) is 3.24 Å². The van der Waals surface area contributed by atoms with Gasteiger partial charge in [-0.3, -0.25) is 4.90 Å². The standard InChI is InChI=1S/C12H17BrFN/c1-2-7-15(8-6-13)10-11-4-3-5-12(14)9-11/h3-5,9H,2,6-8,10H2,1H3. The molecule has 0 saturated heterocycles. The third-order valence-corrected chi connectivity index (χ3v) is 2.59. The lowest BCUT2D eigenvalue weighted by molar-refractivity contribution is 0.283. The molecule has 84 valence electrons. The Morgan fingerprint density at radius 2 is 2.13 bits per heavy atom. The fourth-order valence-corrected chi connectivity index (χ4v) is 2.10. The van der Waals surface area contributed by atoms with Crippen LogP contribution in [-0.4, -0.2) is 23.3 Å².